The molecule has 1 atom stereocenters. The first kappa shape index (κ1) is 14.3. The molecule has 1 aromatic rings. The Kier molecular flexibility index (Phi) is 5.22. The molecule has 0 spiro atoms. The number of hydrogen-bond acceptors (Lipinski definition) is 4. The fourth-order valence-corrected chi connectivity index (χ4v) is 2.97. The Labute approximate surface area is 116 Å². The van der Waals surface area contributed by atoms with Crippen LogP contribution in [-0.2, 0) is 6.54 Å². The lowest BCUT2D eigenvalue weighted by Gasteiger charge is -2.27. The molecule has 5 heteroatoms. The van der Waals surface area contributed by atoms with Crippen molar-refractivity contribution in [2.75, 3.05) is 39.0 Å². The number of nitrogen functional groups attached to an aromatic ring is 1. The Morgan fingerprint density at radius 1 is 1.53 bits per heavy atom. The number of aromatic nitrogens is 2. The van der Waals surface area contributed by atoms with Gasteiger partial charge in [-0.25, -0.2) is 0 Å². The summed E-state index contributed by atoms with van der Waals surface area (Å²) < 4.78 is 1.93. The standard InChI is InChI=1S/C14H27N5/c1-3-18-9-4-6-13(18)12-17(2)8-5-10-19-11-7-14(15)16-19/h7,11,13H,3-6,8-10,12H2,1-2H3,(H2,15,16). The number of hydrogen-bond donors (Lipinski definition) is 1. The Hall–Kier alpha value is -1.07. The van der Waals surface area contributed by atoms with Gasteiger partial charge in [-0.05, 0) is 52.0 Å². The van der Waals surface area contributed by atoms with Crippen molar-refractivity contribution in [1.29, 1.82) is 0 Å². The largest absolute Gasteiger partial charge is 0.382 e. The number of likely N-dealkylation sites (N-methyl/N-ethyl adjacent to an activating group) is 2. The second-order valence-corrected chi connectivity index (χ2v) is 5.54. The quantitative estimate of drug-likeness (QED) is 0.806. The Morgan fingerprint density at radius 2 is 2.37 bits per heavy atom. The normalized spacial score (nSPS) is 20.5. The maximum absolute atomic E-state index is 5.60. The van der Waals surface area contributed by atoms with Gasteiger partial charge in [-0.15, -0.1) is 0 Å². The Balaban J connectivity index is 1.65. The molecule has 2 heterocycles. The third-order valence-electron chi connectivity index (χ3n) is 4.02. The molecule has 1 saturated heterocycles. The van der Waals surface area contributed by atoms with Crippen molar-refractivity contribution in [2.24, 2.45) is 0 Å². The van der Waals surface area contributed by atoms with Crippen LogP contribution >= 0.6 is 0 Å². The molecule has 1 unspecified atom stereocenters. The molecule has 0 bridgehead atoms. The minimum Gasteiger partial charge on any atom is -0.382 e. The lowest BCUT2D eigenvalue weighted by atomic mass is 10.2. The van der Waals surface area contributed by atoms with E-state index in [4.69, 9.17) is 5.73 Å². The van der Waals surface area contributed by atoms with Gasteiger partial charge in [-0.1, -0.05) is 6.92 Å². The van der Waals surface area contributed by atoms with E-state index < -0.39 is 0 Å². The van der Waals surface area contributed by atoms with E-state index in [1.807, 2.05) is 16.9 Å². The maximum atomic E-state index is 5.60. The van der Waals surface area contributed by atoms with Gasteiger partial charge < -0.3 is 10.6 Å². The summed E-state index contributed by atoms with van der Waals surface area (Å²) in [7, 11) is 2.23. The summed E-state index contributed by atoms with van der Waals surface area (Å²) in [6.07, 6.45) is 5.79. The van der Waals surface area contributed by atoms with Crippen LogP contribution in [0, 0.1) is 0 Å². The Morgan fingerprint density at radius 3 is 3.05 bits per heavy atom. The minimum absolute atomic E-state index is 0.609. The van der Waals surface area contributed by atoms with E-state index in [9.17, 15) is 0 Å². The van der Waals surface area contributed by atoms with Crippen molar-refractivity contribution in [1.82, 2.24) is 19.6 Å². The van der Waals surface area contributed by atoms with E-state index in [0.717, 1.165) is 25.6 Å². The molecule has 1 fully saturated rings. The Bertz CT molecular complexity index is 376. The second kappa shape index (κ2) is 6.91. The van der Waals surface area contributed by atoms with E-state index in [1.54, 1.807) is 0 Å². The average Bonchev–Trinajstić information content (AvgIpc) is 2.98. The number of rotatable bonds is 7. The zero-order chi connectivity index (χ0) is 13.7. The third kappa shape index (κ3) is 4.21. The predicted molar refractivity (Wildman–Crippen MR) is 79.0 cm³/mol. The maximum Gasteiger partial charge on any atom is 0.145 e. The SMILES string of the molecule is CCN1CCCC1CN(C)CCCn1ccc(N)n1. The van der Waals surface area contributed by atoms with Crippen molar-refractivity contribution in [3.8, 4) is 0 Å². The van der Waals surface area contributed by atoms with Crippen LogP contribution in [0.3, 0.4) is 0 Å². The van der Waals surface area contributed by atoms with E-state index in [2.05, 4.69) is 28.9 Å². The van der Waals surface area contributed by atoms with Crippen LogP contribution in [0.4, 0.5) is 5.82 Å². The van der Waals surface area contributed by atoms with Crippen LogP contribution in [0.2, 0.25) is 0 Å². The summed E-state index contributed by atoms with van der Waals surface area (Å²) in [4.78, 5) is 5.05. The van der Waals surface area contributed by atoms with Gasteiger partial charge in [-0.2, -0.15) is 5.10 Å². The van der Waals surface area contributed by atoms with Gasteiger partial charge in [0.05, 0.1) is 0 Å². The molecular weight excluding hydrogens is 238 g/mol. The summed E-state index contributed by atoms with van der Waals surface area (Å²) in [5, 5.41) is 4.20. The van der Waals surface area contributed by atoms with Crippen LogP contribution in [-0.4, -0.2) is 58.8 Å². The molecule has 1 aromatic heterocycles. The van der Waals surface area contributed by atoms with Crippen LogP contribution < -0.4 is 5.73 Å². The monoisotopic (exact) mass is 265 g/mol. The van der Waals surface area contributed by atoms with E-state index in [1.165, 1.54) is 32.5 Å². The summed E-state index contributed by atoms with van der Waals surface area (Å²) in [6, 6.07) is 2.61. The molecular formula is C14H27N5. The summed E-state index contributed by atoms with van der Waals surface area (Å²) >= 11 is 0. The molecule has 1 aliphatic heterocycles. The van der Waals surface area contributed by atoms with Crippen molar-refractivity contribution in [3.63, 3.8) is 0 Å². The molecule has 2 N–H and O–H groups in total. The molecule has 108 valence electrons. The fraction of sp³-hybridized carbons (Fsp3) is 0.786. The first-order chi connectivity index (χ1) is 9.19. The lowest BCUT2D eigenvalue weighted by molar-refractivity contribution is 0.196. The minimum atomic E-state index is 0.609. The molecule has 5 nitrogen and oxygen atoms in total. The molecule has 1 aliphatic rings. The number of aryl methyl sites for hydroxylation is 1. The number of nitrogens with two attached hydrogens (primary N) is 1. The van der Waals surface area contributed by atoms with Gasteiger partial charge in [0, 0.05) is 25.3 Å². The molecule has 0 saturated carbocycles. The van der Waals surface area contributed by atoms with E-state index >= 15 is 0 Å². The van der Waals surface area contributed by atoms with Crippen LogP contribution in [0.25, 0.3) is 0 Å². The van der Waals surface area contributed by atoms with Gasteiger partial charge >= 0.3 is 0 Å². The van der Waals surface area contributed by atoms with Crippen LogP contribution in [0.15, 0.2) is 12.3 Å². The van der Waals surface area contributed by atoms with Crippen LogP contribution in [0.5, 0.6) is 0 Å². The fourth-order valence-electron chi connectivity index (χ4n) is 2.97. The number of anilines is 1. The van der Waals surface area contributed by atoms with Crippen molar-refractivity contribution in [2.45, 2.75) is 38.8 Å². The van der Waals surface area contributed by atoms with Crippen molar-refractivity contribution in [3.05, 3.63) is 12.3 Å². The van der Waals surface area contributed by atoms with Gasteiger partial charge in [-0.3, -0.25) is 9.58 Å². The summed E-state index contributed by atoms with van der Waals surface area (Å²) in [5.74, 6) is 0.609. The first-order valence-corrected chi connectivity index (χ1v) is 7.40. The van der Waals surface area contributed by atoms with Crippen molar-refractivity contribution >= 4 is 5.82 Å². The zero-order valence-corrected chi connectivity index (χ0v) is 12.3. The van der Waals surface area contributed by atoms with Crippen molar-refractivity contribution < 1.29 is 0 Å². The molecule has 0 amide bonds. The molecule has 0 aliphatic carbocycles. The number of likely N-dealkylation sites (tertiary alicyclic amines) is 1. The highest BCUT2D eigenvalue weighted by molar-refractivity contribution is 5.23. The highest BCUT2D eigenvalue weighted by Gasteiger charge is 2.23. The molecule has 0 radical (unpaired) electrons. The predicted octanol–water partition coefficient (Wildman–Crippen LogP) is 1.27. The average molecular weight is 265 g/mol. The first-order valence-electron chi connectivity index (χ1n) is 7.40. The third-order valence-corrected chi connectivity index (χ3v) is 4.02. The lowest BCUT2D eigenvalue weighted by Crippen LogP contribution is -2.39. The van der Waals surface area contributed by atoms with E-state index in [-0.39, 0.29) is 0 Å². The molecule has 0 aromatic carbocycles. The summed E-state index contributed by atoms with van der Waals surface area (Å²) in [5.41, 5.74) is 5.60. The number of nitrogens with zero attached hydrogens (tertiary/aromatic N) is 4. The van der Waals surface area contributed by atoms with Crippen LogP contribution in [0.1, 0.15) is 26.2 Å². The topological polar surface area (TPSA) is 50.3 Å². The second-order valence-electron chi connectivity index (χ2n) is 5.54. The van der Waals surface area contributed by atoms with Gasteiger partial charge in [0.2, 0.25) is 0 Å². The zero-order valence-electron chi connectivity index (χ0n) is 12.3. The van der Waals surface area contributed by atoms with E-state index in [0.29, 0.717) is 5.82 Å². The molecule has 2 rings (SSSR count). The molecule has 19 heavy (non-hydrogen) atoms. The van der Waals surface area contributed by atoms with Gasteiger partial charge in [0.15, 0.2) is 0 Å². The van der Waals surface area contributed by atoms with Gasteiger partial charge in [0.1, 0.15) is 5.82 Å². The summed E-state index contributed by atoms with van der Waals surface area (Å²) in [6.45, 7) is 7.99. The highest BCUT2D eigenvalue weighted by atomic mass is 15.3. The highest BCUT2D eigenvalue weighted by Crippen LogP contribution is 2.17. The smallest absolute Gasteiger partial charge is 0.145 e. The van der Waals surface area contributed by atoms with Gasteiger partial charge in [0.25, 0.3) is 0 Å².